The molecule has 0 aromatic heterocycles. The van der Waals surface area contributed by atoms with Crippen molar-refractivity contribution < 1.29 is 8.42 Å². The van der Waals surface area contributed by atoms with Crippen LogP contribution >= 0.6 is 0 Å². The number of nitrogens with two attached hydrogens (primary N) is 1. The summed E-state index contributed by atoms with van der Waals surface area (Å²) in [5, 5.41) is 0. The molecule has 0 radical (unpaired) electrons. The highest BCUT2D eigenvalue weighted by Crippen LogP contribution is 2.29. The average Bonchev–Trinajstić information content (AvgIpc) is 2.72. The third-order valence-corrected chi connectivity index (χ3v) is 5.75. The molecule has 2 aliphatic rings. The monoisotopic (exact) mass is 246 g/mol. The minimum Gasteiger partial charge on any atom is -0.324 e. The molecule has 2 fully saturated rings. The molecule has 1 saturated heterocycles. The summed E-state index contributed by atoms with van der Waals surface area (Å²) in [5.41, 5.74) is 6.24. The van der Waals surface area contributed by atoms with E-state index in [1.807, 2.05) is 7.05 Å². The van der Waals surface area contributed by atoms with Crippen molar-refractivity contribution in [2.75, 3.05) is 25.1 Å². The zero-order chi connectivity index (χ0) is 11.8. The van der Waals surface area contributed by atoms with E-state index in [4.69, 9.17) is 5.73 Å². The second kappa shape index (κ2) is 4.27. The van der Waals surface area contributed by atoms with E-state index in [-0.39, 0.29) is 11.6 Å². The zero-order valence-electron chi connectivity index (χ0n) is 9.98. The zero-order valence-corrected chi connectivity index (χ0v) is 10.8. The van der Waals surface area contributed by atoms with Gasteiger partial charge in [0.2, 0.25) is 0 Å². The van der Waals surface area contributed by atoms with Gasteiger partial charge in [-0.2, -0.15) is 0 Å². The number of hydrogen-bond donors (Lipinski definition) is 1. The van der Waals surface area contributed by atoms with Gasteiger partial charge < -0.3 is 10.6 Å². The van der Waals surface area contributed by atoms with E-state index in [2.05, 4.69) is 4.90 Å². The van der Waals surface area contributed by atoms with E-state index >= 15 is 0 Å². The molecule has 4 nitrogen and oxygen atoms in total. The van der Waals surface area contributed by atoms with Crippen LogP contribution < -0.4 is 5.73 Å². The van der Waals surface area contributed by atoms with Gasteiger partial charge in [-0.25, -0.2) is 8.42 Å². The molecule has 1 saturated carbocycles. The van der Waals surface area contributed by atoms with Crippen molar-refractivity contribution in [3.05, 3.63) is 0 Å². The summed E-state index contributed by atoms with van der Waals surface area (Å²) in [6.07, 6.45) is 5.36. The quantitative estimate of drug-likeness (QED) is 0.782. The summed E-state index contributed by atoms with van der Waals surface area (Å²) in [4.78, 5) is 2.16. The fourth-order valence-electron chi connectivity index (χ4n) is 2.99. The van der Waals surface area contributed by atoms with Gasteiger partial charge in [-0.15, -0.1) is 0 Å². The van der Waals surface area contributed by atoms with Gasteiger partial charge in [-0.1, -0.05) is 12.8 Å². The van der Waals surface area contributed by atoms with Gasteiger partial charge >= 0.3 is 0 Å². The first kappa shape index (κ1) is 12.3. The molecule has 1 aliphatic carbocycles. The van der Waals surface area contributed by atoms with Crippen molar-refractivity contribution in [1.29, 1.82) is 0 Å². The van der Waals surface area contributed by atoms with Crippen molar-refractivity contribution >= 4 is 9.84 Å². The predicted molar refractivity (Wildman–Crippen MR) is 65.1 cm³/mol. The molecule has 0 amide bonds. The minimum atomic E-state index is -2.78. The number of hydrogen-bond acceptors (Lipinski definition) is 4. The summed E-state index contributed by atoms with van der Waals surface area (Å²) in [6.45, 7) is 0.840. The Kier molecular flexibility index (Phi) is 3.29. The Labute approximate surface area is 98.1 Å². The largest absolute Gasteiger partial charge is 0.324 e. The summed E-state index contributed by atoms with van der Waals surface area (Å²) in [7, 11) is -0.764. The molecule has 0 spiro atoms. The highest BCUT2D eigenvalue weighted by Gasteiger charge is 2.36. The molecule has 0 bridgehead atoms. The van der Waals surface area contributed by atoms with E-state index in [1.54, 1.807) is 0 Å². The van der Waals surface area contributed by atoms with E-state index in [0.29, 0.717) is 11.5 Å². The molecule has 16 heavy (non-hydrogen) atoms. The maximum atomic E-state index is 11.4. The number of nitrogens with zero attached hydrogens (tertiary/aromatic N) is 1. The number of sulfone groups is 1. The third-order valence-electron chi connectivity index (χ3n) is 4.00. The lowest BCUT2D eigenvalue weighted by Crippen LogP contribution is -2.50. The normalized spacial score (nSPS) is 32.3. The lowest BCUT2D eigenvalue weighted by molar-refractivity contribution is 0.201. The Morgan fingerprint density at radius 1 is 1.38 bits per heavy atom. The second-order valence-electron chi connectivity index (χ2n) is 5.54. The van der Waals surface area contributed by atoms with E-state index in [0.717, 1.165) is 25.8 Å². The maximum Gasteiger partial charge on any atom is 0.151 e. The van der Waals surface area contributed by atoms with Crippen LogP contribution in [0.3, 0.4) is 0 Å². The van der Waals surface area contributed by atoms with Crippen LogP contribution in [0.4, 0.5) is 0 Å². The van der Waals surface area contributed by atoms with Gasteiger partial charge in [0, 0.05) is 18.1 Å². The van der Waals surface area contributed by atoms with Gasteiger partial charge in [-0.05, 0) is 26.3 Å². The molecular weight excluding hydrogens is 224 g/mol. The van der Waals surface area contributed by atoms with Crippen LogP contribution in [-0.4, -0.2) is 50.0 Å². The van der Waals surface area contributed by atoms with Gasteiger partial charge in [-0.3, -0.25) is 0 Å². The first-order valence-electron chi connectivity index (χ1n) is 6.10. The first-order valence-corrected chi connectivity index (χ1v) is 7.92. The third kappa shape index (κ3) is 2.76. The van der Waals surface area contributed by atoms with Crippen molar-refractivity contribution in [2.45, 2.75) is 43.7 Å². The molecule has 1 heterocycles. The Bertz CT molecular complexity index is 347. The predicted octanol–water partition coefficient (Wildman–Crippen LogP) is 0.377. The van der Waals surface area contributed by atoms with E-state index in [9.17, 15) is 8.42 Å². The Morgan fingerprint density at radius 2 is 2.00 bits per heavy atom. The van der Waals surface area contributed by atoms with Gasteiger partial charge in [0.15, 0.2) is 9.84 Å². The first-order chi connectivity index (χ1) is 7.40. The van der Waals surface area contributed by atoms with Crippen LogP contribution in [0.5, 0.6) is 0 Å². The number of likely N-dealkylation sites (N-methyl/N-ethyl adjacent to an activating group) is 1. The summed E-state index contributed by atoms with van der Waals surface area (Å²) in [5.74, 6) is 0.666. The highest BCUT2D eigenvalue weighted by molar-refractivity contribution is 7.91. The maximum absolute atomic E-state index is 11.4. The minimum absolute atomic E-state index is 0.0684. The van der Waals surface area contributed by atoms with Crippen LogP contribution in [-0.2, 0) is 9.84 Å². The summed E-state index contributed by atoms with van der Waals surface area (Å²) >= 11 is 0. The van der Waals surface area contributed by atoms with Crippen molar-refractivity contribution in [2.24, 2.45) is 5.73 Å². The molecular formula is C11H22N2O2S. The standard InChI is InChI=1S/C11H22N2O2S/c1-13(9-11(12)5-2-3-6-11)10-4-7-16(14,15)8-10/h10H,2-9,12H2,1H3. The Hall–Kier alpha value is -0.130. The highest BCUT2D eigenvalue weighted by atomic mass is 32.2. The Balaban J connectivity index is 1.91. The van der Waals surface area contributed by atoms with Crippen LogP contribution in [0.15, 0.2) is 0 Å². The van der Waals surface area contributed by atoms with E-state index in [1.165, 1.54) is 12.8 Å². The molecule has 0 aromatic carbocycles. The van der Waals surface area contributed by atoms with Crippen LogP contribution in [0.2, 0.25) is 0 Å². The molecule has 2 N–H and O–H groups in total. The summed E-state index contributed by atoms with van der Waals surface area (Å²) in [6, 6.07) is 0.186. The molecule has 2 rings (SSSR count). The number of rotatable bonds is 3. The fourth-order valence-corrected chi connectivity index (χ4v) is 4.79. The lowest BCUT2D eigenvalue weighted by atomic mass is 9.98. The average molecular weight is 246 g/mol. The van der Waals surface area contributed by atoms with Crippen LogP contribution in [0.25, 0.3) is 0 Å². The van der Waals surface area contributed by atoms with E-state index < -0.39 is 9.84 Å². The van der Waals surface area contributed by atoms with Crippen LogP contribution in [0.1, 0.15) is 32.1 Å². The van der Waals surface area contributed by atoms with Crippen molar-refractivity contribution in [1.82, 2.24) is 4.90 Å². The molecule has 5 heteroatoms. The lowest BCUT2D eigenvalue weighted by Gasteiger charge is -2.32. The fraction of sp³-hybridized carbons (Fsp3) is 1.00. The second-order valence-corrected chi connectivity index (χ2v) is 7.77. The molecule has 1 aliphatic heterocycles. The van der Waals surface area contributed by atoms with Crippen molar-refractivity contribution in [3.8, 4) is 0 Å². The van der Waals surface area contributed by atoms with Gasteiger partial charge in [0.05, 0.1) is 11.5 Å². The van der Waals surface area contributed by atoms with Crippen molar-refractivity contribution in [3.63, 3.8) is 0 Å². The molecule has 1 unspecified atom stereocenters. The smallest absolute Gasteiger partial charge is 0.151 e. The van der Waals surface area contributed by atoms with Crippen LogP contribution in [0, 0.1) is 0 Å². The molecule has 0 aromatic rings. The van der Waals surface area contributed by atoms with Gasteiger partial charge in [0.25, 0.3) is 0 Å². The molecule has 1 atom stereocenters. The Morgan fingerprint density at radius 3 is 2.50 bits per heavy atom. The van der Waals surface area contributed by atoms with Gasteiger partial charge in [0.1, 0.15) is 0 Å². The topological polar surface area (TPSA) is 63.4 Å². The SMILES string of the molecule is CN(CC1(N)CCCC1)C1CCS(=O)(=O)C1. The molecule has 94 valence electrons. The summed E-state index contributed by atoms with van der Waals surface area (Å²) < 4.78 is 22.8.